The summed E-state index contributed by atoms with van der Waals surface area (Å²) in [6.45, 7) is 3.87. The van der Waals surface area contributed by atoms with Gasteiger partial charge in [0.2, 0.25) is 5.78 Å². The molecule has 3 aromatic rings. The number of ketones is 1. The van der Waals surface area contributed by atoms with Crippen molar-refractivity contribution in [2.24, 2.45) is 0 Å². The molecule has 1 fully saturated rings. The molecule has 8 nitrogen and oxygen atoms in total. The Labute approximate surface area is 186 Å². The summed E-state index contributed by atoms with van der Waals surface area (Å²) in [5.41, 5.74) is 3.33. The van der Waals surface area contributed by atoms with Gasteiger partial charge in [-0.2, -0.15) is 5.10 Å². The summed E-state index contributed by atoms with van der Waals surface area (Å²) in [5.74, 6) is -0.632. The van der Waals surface area contributed by atoms with Crippen molar-refractivity contribution in [1.29, 1.82) is 0 Å². The van der Waals surface area contributed by atoms with Crippen molar-refractivity contribution in [3.8, 4) is 0 Å². The number of nitrogens with zero attached hydrogens (tertiary/aromatic N) is 3. The molecule has 0 saturated carbocycles. The standard InChI is InChI=1S/C23H25N3O5S/c1-16-12-21(17(2)26(16)20-8-11-32(29,30)15-20)22(27)14-31-23(28)19-6-4-18(5-7-19)13-25-10-3-9-24-25/h3-7,9-10,12,20H,8,11,13-15H2,1-2H3. The first-order valence-electron chi connectivity index (χ1n) is 10.4. The van der Waals surface area contributed by atoms with Crippen molar-refractivity contribution >= 4 is 21.6 Å². The van der Waals surface area contributed by atoms with E-state index in [1.165, 1.54) is 0 Å². The predicted octanol–water partition coefficient (Wildman–Crippen LogP) is 2.75. The number of benzene rings is 1. The Morgan fingerprint density at radius 1 is 1.19 bits per heavy atom. The van der Waals surface area contributed by atoms with Crippen LogP contribution in [-0.4, -0.2) is 52.6 Å². The number of aromatic nitrogens is 3. The number of hydrogen-bond donors (Lipinski definition) is 0. The normalized spacial score (nSPS) is 17.4. The zero-order valence-electron chi connectivity index (χ0n) is 18.0. The van der Waals surface area contributed by atoms with Crippen LogP contribution in [0.25, 0.3) is 0 Å². The fraction of sp³-hybridized carbons (Fsp3) is 0.348. The van der Waals surface area contributed by atoms with E-state index < -0.39 is 15.8 Å². The number of hydrogen-bond acceptors (Lipinski definition) is 6. The van der Waals surface area contributed by atoms with E-state index in [0.717, 1.165) is 11.3 Å². The molecule has 4 rings (SSSR count). The lowest BCUT2D eigenvalue weighted by molar-refractivity contribution is 0.0474. The SMILES string of the molecule is Cc1cc(C(=O)COC(=O)c2ccc(Cn3cccn3)cc2)c(C)n1C1CCS(=O)(=O)C1. The molecule has 1 atom stereocenters. The van der Waals surface area contributed by atoms with Crippen LogP contribution in [0.5, 0.6) is 0 Å². The van der Waals surface area contributed by atoms with Gasteiger partial charge in [-0.1, -0.05) is 12.1 Å². The van der Waals surface area contributed by atoms with Crippen molar-refractivity contribution in [2.45, 2.75) is 32.9 Å². The topological polar surface area (TPSA) is 100 Å². The highest BCUT2D eigenvalue weighted by atomic mass is 32.2. The summed E-state index contributed by atoms with van der Waals surface area (Å²) in [5, 5.41) is 4.15. The monoisotopic (exact) mass is 455 g/mol. The maximum Gasteiger partial charge on any atom is 0.338 e. The van der Waals surface area contributed by atoms with Gasteiger partial charge in [-0.05, 0) is 50.1 Å². The summed E-state index contributed by atoms with van der Waals surface area (Å²) >= 11 is 0. The molecule has 1 aliphatic heterocycles. The van der Waals surface area contributed by atoms with E-state index in [4.69, 9.17) is 4.74 Å². The molecule has 1 saturated heterocycles. The van der Waals surface area contributed by atoms with Crippen LogP contribution in [0.15, 0.2) is 48.8 Å². The Kier molecular flexibility index (Phi) is 6.01. The lowest BCUT2D eigenvalue weighted by Crippen LogP contribution is -2.17. The fourth-order valence-electron chi connectivity index (χ4n) is 4.22. The van der Waals surface area contributed by atoms with Gasteiger partial charge in [-0.3, -0.25) is 9.48 Å². The van der Waals surface area contributed by atoms with E-state index in [9.17, 15) is 18.0 Å². The summed E-state index contributed by atoms with van der Waals surface area (Å²) in [6, 6.07) is 10.4. The molecule has 9 heteroatoms. The molecule has 3 heterocycles. The third-order valence-electron chi connectivity index (χ3n) is 5.79. The van der Waals surface area contributed by atoms with Gasteiger partial charge in [0.25, 0.3) is 0 Å². The molecular formula is C23H25N3O5S. The number of ether oxygens (including phenoxy) is 1. The molecule has 168 valence electrons. The number of Topliss-reactive ketones (excluding diaryl/α,β-unsaturated/α-hetero) is 1. The molecule has 0 N–H and O–H groups in total. The summed E-state index contributed by atoms with van der Waals surface area (Å²) in [6.07, 6.45) is 4.10. The summed E-state index contributed by atoms with van der Waals surface area (Å²) in [7, 11) is -3.04. The minimum Gasteiger partial charge on any atom is -0.454 e. The molecular weight excluding hydrogens is 430 g/mol. The first-order chi connectivity index (χ1) is 15.2. The third kappa shape index (κ3) is 4.67. The maximum atomic E-state index is 12.7. The lowest BCUT2D eigenvalue weighted by Gasteiger charge is -2.16. The molecule has 0 bridgehead atoms. The highest BCUT2D eigenvalue weighted by Gasteiger charge is 2.31. The van der Waals surface area contributed by atoms with E-state index in [0.29, 0.717) is 29.8 Å². The second-order valence-electron chi connectivity index (χ2n) is 8.11. The zero-order chi connectivity index (χ0) is 22.9. The van der Waals surface area contributed by atoms with Crippen molar-refractivity contribution in [1.82, 2.24) is 14.3 Å². The molecule has 1 aliphatic rings. The third-order valence-corrected chi connectivity index (χ3v) is 7.54. The van der Waals surface area contributed by atoms with Gasteiger partial charge in [-0.25, -0.2) is 13.2 Å². The van der Waals surface area contributed by atoms with E-state index >= 15 is 0 Å². The van der Waals surface area contributed by atoms with Gasteiger partial charge in [0.15, 0.2) is 16.4 Å². The average Bonchev–Trinajstić information content (AvgIpc) is 3.46. The molecule has 32 heavy (non-hydrogen) atoms. The quantitative estimate of drug-likeness (QED) is 0.401. The smallest absolute Gasteiger partial charge is 0.338 e. The predicted molar refractivity (Wildman–Crippen MR) is 119 cm³/mol. The van der Waals surface area contributed by atoms with E-state index in [1.54, 1.807) is 36.0 Å². The average molecular weight is 456 g/mol. The second-order valence-corrected chi connectivity index (χ2v) is 10.3. The van der Waals surface area contributed by atoms with E-state index in [1.807, 2.05) is 35.9 Å². The van der Waals surface area contributed by atoms with Crippen molar-refractivity contribution < 1.29 is 22.7 Å². The van der Waals surface area contributed by atoms with Gasteiger partial charge in [0.1, 0.15) is 0 Å². The van der Waals surface area contributed by atoms with Crippen LogP contribution >= 0.6 is 0 Å². The van der Waals surface area contributed by atoms with Crippen LogP contribution in [0.3, 0.4) is 0 Å². The number of esters is 1. The Balaban J connectivity index is 1.38. The lowest BCUT2D eigenvalue weighted by atomic mass is 10.1. The summed E-state index contributed by atoms with van der Waals surface area (Å²) in [4.78, 5) is 25.1. The number of aryl methyl sites for hydroxylation is 1. The van der Waals surface area contributed by atoms with Crippen molar-refractivity contribution in [3.05, 3.63) is 76.9 Å². The van der Waals surface area contributed by atoms with E-state index in [-0.39, 0.29) is 29.9 Å². The molecule has 1 unspecified atom stereocenters. The Morgan fingerprint density at radius 2 is 1.94 bits per heavy atom. The van der Waals surface area contributed by atoms with Crippen LogP contribution in [0, 0.1) is 13.8 Å². The first-order valence-corrected chi connectivity index (χ1v) is 12.2. The highest BCUT2D eigenvalue weighted by Crippen LogP contribution is 2.29. The Hall–Kier alpha value is -3.20. The Morgan fingerprint density at radius 3 is 2.56 bits per heavy atom. The fourth-order valence-corrected chi connectivity index (χ4v) is 5.92. The number of rotatable bonds is 7. The number of sulfone groups is 1. The largest absolute Gasteiger partial charge is 0.454 e. The highest BCUT2D eigenvalue weighted by molar-refractivity contribution is 7.91. The van der Waals surface area contributed by atoms with Crippen LogP contribution in [0.2, 0.25) is 0 Å². The molecule has 1 aromatic carbocycles. The van der Waals surface area contributed by atoms with Gasteiger partial charge in [0.05, 0.1) is 23.6 Å². The molecule has 0 spiro atoms. The first kappa shape index (κ1) is 22.0. The summed E-state index contributed by atoms with van der Waals surface area (Å²) < 4.78 is 32.6. The van der Waals surface area contributed by atoms with Crippen LogP contribution in [-0.2, 0) is 21.1 Å². The second kappa shape index (κ2) is 8.74. The van der Waals surface area contributed by atoms with Crippen LogP contribution < -0.4 is 0 Å². The van der Waals surface area contributed by atoms with Gasteiger partial charge in [-0.15, -0.1) is 0 Å². The molecule has 0 aliphatic carbocycles. The van der Waals surface area contributed by atoms with Crippen LogP contribution in [0.1, 0.15) is 50.1 Å². The van der Waals surface area contributed by atoms with Gasteiger partial charge in [0, 0.05) is 35.4 Å². The van der Waals surface area contributed by atoms with Crippen molar-refractivity contribution in [2.75, 3.05) is 18.1 Å². The number of carbonyl (C=O) groups is 2. The van der Waals surface area contributed by atoms with E-state index in [2.05, 4.69) is 5.10 Å². The number of carbonyl (C=O) groups excluding carboxylic acids is 2. The molecule has 0 radical (unpaired) electrons. The molecule has 0 amide bonds. The Bertz CT molecular complexity index is 1240. The molecule has 2 aromatic heterocycles. The van der Waals surface area contributed by atoms with Crippen molar-refractivity contribution in [3.63, 3.8) is 0 Å². The minimum atomic E-state index is -3.04. The minimum absolute atomic E-state index is 0.0857. The van der Waals surface area contributed by atoms with Crippen LogP contribution in [0.4, 0.5) is 0 Å². The maximum absolute atomic E-state index is 12.7. The zero-order valence-corrected chi connectivity index (χ0v) is 18.8. The van der Waals surface area contributed by atoms with Gasteiger partial charge < -0.3 is 9.30 Å². The van der Waals surface area contributed by atoms with Gasteiger partial charge >= 0.3 is 5.97 Å².